The molecule has 2 atom stereocenters. The highest BCUT2D eigenvalue weighted by atomic mass is 35.5. The molecule has 2 aliphatic rings. The maximum Gasteiger partial charge on any atom is 0.253 e. The van der Waals surface area contributed by atoms with Crippen LogP contribution < -0.4 is 10.6 Å². The third-order valence-electron chi connectivity index (χ3n) is 6.24. The topological polar surface area (TPSA) is 58.2 Å². The van der Waals surface area contributed by atoms with Gasteiger partial charge in [0.05, 0.1) is 16.5 Å². The zero-order chi connectivity index (χ0) is 22.5. The first-order valence-corrected chi connectivity index (χ1v) is 11.7. The zero-order valence-electron chi connectivity index (χ0n) is 17.1. The normalized spacial score (nSPS) is 21.9. The van der Waals surface area contributed by atoms with Gasteiger partial charge in [-0.1, -0.05) is 29.3 Å². The largest absolute Gasteiger partial charge is 0.349 e. The standard InChI is InChI=1S/C23H22Cl4N2O2/c1-11-8-13(9-18(25)12(11)2)19-20(23(19,26)27)22(31)29-15-6-7-17(24)16(10-15)21(30)28-14-4-3-5-14/h6-10,14,19-20H,3-5H2,1-2H3,(H,28,30)(H,29,31). The summed E-state index contributed by atoms with van der Waals surface area (Å²) in [5.41, 5.74) is 3.60. The van der Waals surface area contributed by atoms with Gasteiger partial charge >= 0.3 is 0 Å². The quantitative estimate of drug-likeness (QED) is 0.466. The lowest BCUT2D eigenvalue weighted by atomic mass is 9.93. The number of hydrogen-bond acceptors (Lipinski definition) is 2. The van der Waals surface area contributed by atoms with Crippen molar-refractivity contribution in [3.63, 3.8) is 0 Å². The average molecular weight is 500 g/mol. The molecule has 2 amide bonds. The highest BCUT2D eigenvalue weighted by Crippen LogP contribution is 2.65. The molecule has 0 aliphatic heterocycles. The number of amides is 2. The van der Waals surface area contributed by atoms with Gasteiger partial charge in [0.2, 0.25) is 5.91 Å². The van der Waals surface area contributed by atoms with E-state index in [9.17, 15) is 9.59 Å². The van der Waals surface area contributed by atoms with Crippen molar-refractivity contribution in [1.29, 1.82) is 0 Å². The number of anilines is 1. The fourth-order valence-corrected chi connectivity index (χ4v) is 5.21. The highest BCUT2D eigenvalue weighted by Gasteiger charge is 2.67. The fraction of sp³-hybridized carbons (Fsp3) is 0.391. The van der Waals surface area contributed by atoms with Crippen LogP contribution in [0.5, 0.6) is 0 Å². The van der Waals surface area contributed by atoms with Crippen LogP contribution in [-0.4, -0.2) is 22.2 Å². The third kappa shape index (κ3) is 4.41. The van der Waals surface area contributed by atoms with Crippen LogP contribution in [-0.2, 0) is 4.79 Å². The van der Waals surface area contributed by atoms with Crippen molar-refractivity contribution in [3.05, 3.63) is 62.6 Å². The van der Waals surface area contributed by atoms with E-state index < -0.39 is 10.3 Å². The molecule has 2 aromatic rings. The molecule has 4 rings (SSSR count). The number of halogens is 4. The predicted octanol–water partition coefficient (Wildman–Crippen LogP) is 6.42. The van der Waals surface area contributed by atoms with Gasteiger partial charge in [-0.2, -0.15) is 0 Å². The third-order valence-corrected chi connectivity index (χ3v) is 7.90. The van der Waals surface area contributed by atoms with Gasteiger partial charge in [0.15, 0.2) is 0 Å². The smallest absolute Gasteiger partial charge is 0.253 e. The maximum absolute atomic E-state index is 13.0. The first-order chi connectivity index (χ1) is 14.6. The van der Waals surface area contributed by atoms with Gasteiger partial charge in [0.25, 0.3) is 5.91 Å². The van der Waals surface area contributed by atoms with Crippen molar-refractivity contribution in [2.45, 2.75) is 49.4 Å². The second kappa shape index (κ2) is 8.47. The van der Waals surface area contributed by atoms with Gasteiger partial charge in [0, 0.05) is 22.7 Å². The summed E-state index contributed by atoms with van der Waals surface area (Å²) in [6.07, 6.45) is 3.05. The molecule has 0 spiro atoms. The van der Waals surface area contributed by atoms with Crippen molar-refractivity contribution in [3.8, 4) is 0 Å². The Kier molecular flexibility index (Phi) is 6.21. The number of carbonyl (C=O) groups is 2. The van der Waals surface area contributed by atoms with E-state index in [0.717, 1.165) is 36.0 Å². The molecule has 2 N–H and O–H groups in total. The number of benzene rings is 2. The summed E-state index contributed by atoms with van der Waals surface area (Å²) >= 11 is 25.5. The van der Waals surface area contributed by atoms with E-state index in [1.54, 1.807) is 18.2 Å². The van der Waals surface area contributed by atoms with E-state index in [1.807, 2.05) is 26.0 Å². The zero-order valence-corrected chi connectivity index (χ0v) is 20.1. The van der Waals surface area contributed by atoms with E-state index in [4.69, 9.17) is 46.4 Å². The number of carbonyl (C=O) groups excluding carboxylic acids is 2. The lowest BCUT2D eigenvalue weighted by Gasteiger charge is -2.26. The number of alkyl halides is 2. The second-order valence-electron chi connectivity index (χ2n) is 8.36. The van der Waals surface area contributed by atoms with E-state index in [0.29, 0.717) is 21.3 Å². The van der Waals surface area contributed by atoms with Crippen LogP contribution in [0.15, 0.2) is 30.3 Å². The molecule has 2 saturated carbocycles. The molecule has 0 aromatic heterocycles. The Hall–Kier alpha value is -1.46. The molecular weight excluding hydrogens is 478 g/mol. The molecule has 164 valence electrons. The van der Waals surface area contributed by atoms with Crippen LogP contribution in [0.3, 0.4) is 0 Å². The summed E-state index contributed by atoms with van der Waals surface area (Å²) in [5, 5.41) is 6.72. The van der Waals surface area contributed by atoms with E-state index in [1.165, 1.54) is 0 Å². The molecule has 0 heterocycles. The van der Waals surface area contributed by atoms with Gasteiger partial charge < -0.3 is 10.6 Å². The van der Waals surface area contributed by atoms with Crippen molar-refractivity contribution < 1.29 is 9.59 Å². The summed E-state index contributed by atoms with van der Waals surface area (Å²) in [6.45, 7) is 3.89. The lowest BCUT2D eigenvalue weighted by Crippen LogP contribution is -2.39. The minimum Gasteiger partial charge on any atom is -0.349 e. The van der Waals surface area contributed by atoms with E-state index in [-0.39, 0.29) is 23.8 Å². The van der Waals surface area contributed by atoms with Crippen LogP contribution in [0.25, 0.3) is 0 Å². The lowest BCUT2D eigenvalue weighted by molar-refractivity contribution is -0.117. The first kappa shape index (κ1) is 22.7. The second-order valence-corrected chi connectivity index (χ2v) is 10.6. The first-order valence-electron chi connectivity index (χ1n) is 10.2. The summed E-state index contributed by atoms with van der Waals surface area (Å²) in [6, 6.07) is 8.77. The Balaban J connectivity index is 1.50. The number of rotatable bonds is 5. The minimum absolute atomic E-state index is 0.187. The molecule has 0 radical (unpaired) electrons. The SMILES string of the molecule is Cc1cc(C2C(C(=O)Nc3ccc(Cl)c(C(=O)NC4CCC4)c3)C2(Cl)Cl)cc(Cl)c1C. The van der Waals surface area contributed by atoms with Gasteiger partial charge in [-0.25, -0.2) is 0 Å². The minimum atomic E-state index is -1.23. The summed E-state index contributed by atoms with van der Waals surface area (Å²) in [4.78, 5) is 25.5. The molecule has 0 bridgehead atoms. The Morgan fingerprint density at radius 2 is 1.74 bits per heavy atom. The van der Waals surface area contributed by atoms with Gasteiger partial charge in [-0.3, -0.25) is 9.59 Å². The fourth-order valence-electron chi connectivity index (χ4n) is 3.90. The van der Waals surface area contributed by atoms with Crippen LogP contribution in [0.1, 0.15) is 52.2 Å². The van der Waals surface area contributed by atoms with Crippen molar-refractivity contribution in [2.24, 2.45) is 5.92 Å². The molecule has 2 unspecified atom stereocenters. The Morgan fingerprint density at radius 1 is 1.03 bits per heavy atom. The summed E-state index contributed by atoms with van der Waals surface area (Å²) < 4.78 is -1.23. The van der Waals surface area contributed by atoms with Gasteiger partial charge in [0.1, 0.15) is 4.33 Å². The van der Waals surface area contributed by atoms with Crippen molar-refractivity contribution in [2.75, 3.05) is 5.32 Å². The molecule has 2 fully saturated rings. The molecule has 0 saturated heterocycles. The molecule has 2 aliphatic carbocycles. The average Bonchev–Trinajstić information content (AvgIpc) is 3.26. The van der Waals surface area contributed by atoms with Crippen molar-refractivity contribution >= 4 is 63.9 Å². The number of hydrogen-bond donors (Lipinski definition) is 2. The molecule has 4 nitrogen and oxygen atoms in total. The monoisotopic (exact) mass is 498 g/mol. The Labute approximate surface area is 201 Å². The Morgan fingerprint density at radius 3 is 2.35 bits per heavy atom. The number of nitrogens with one attached hydrogen (secondary N) is 2. The van der Waals surface area contributed by atoms with E-state index in [2.05, 4.69) is 10.6 Å². The molecular formula is C23H22Cl4N2O2. The van der Waals surface area contributed by atoms with E-state index >= 15 is 0 Å². The predicted molar refractivity (Wildman–Crippen MR) is 127 cm³/mol. The maximum atomic E-state index is 13.0. The van der Waals surface area contributed by atoms with Crippen LogP contribution in [0, 0.1) is 19.8 Å². The van der Waals surface area contributed by atoms with Crippen LogP contribution in [0.2, 0.25) is 10.0 Å². The van der Waals surface area contributed by atoms with Crippen molar-refractivity contribution in [1.82, 2.24) is 5.32 Å². The summed E-state index contributed by atoms with van der Waals surface area (Å²) in [7, 11) is 0. The number of aryl methyl sites for hydroxylation is 1. The highest BCUT2D eigenvalue weighted by molar-refractivity contribution is 6.53. The molecule has 8 heteroatoms. The van der Waals surface area contributed by atoms with Crippen LogP contribution >= 0.6 is 46.4 Å². The van der Waals surface area contributed by atoms with Gasteiger partial charge in [-0.05, 0) is 74.1 Å². The van der Waals surface area contributed by atoms with Gasteiger partial charge in [-0.15, -0.1) is 23.2 Å². The molecule has 2 aromatic carbocycles. The molecule has 31 heavy (non-hydrogen) atoms. The Bertz CT molecular complexity index is 1040. The summed E-state index contributed by atoms with van der Waals surface area (Å²) in [5.74, 6) is -1.58. The van der Waals surface area contributed by atoms with Crippen LogP contribution in [0.4, 0.5) is 5.69 Å².